The number of hydrogen-bond acceptors (Lipinski definition) is 4. The van der Waals surface area contributed by atoms with Crippen LogP contribution in [0.4, 0.5) is 9.93 Å². The number of hydrogen-bond donors (Lipinski definition) is 2. The van der Waals surface area contributed by atoms with E-state index in [9.17, 15) is 4.79 Å². The van der Waals surface area contributed by atoms with E-state index in [1.54, 1.807) is 30.5 Å². The molecule has 0 saturated heterocycles. The number of thiazole rings is 1. The molecule has 1 aromatic carbocycles. The normalized spacial score (nSPS) is 10.1. The highest BCUT2D eigenvalue weighted by Crippen LogP contribution is 2.16. The minimum absolute atomic E-state index is 0.293. The van der Waals surface area contributed by atoms with Crippen LogP contribution in [0.5, 0.6) is 5.75 Å². The maximum atomic E-state index is 11.5. The number of urea groups is 1. The lowest BCUT2D eigenvalue weighted by molar-refractivity contribution is 0.247. The Balaban J connectivity index is 1.65. The minimum Gasteiger partial charge on any atom is -0.492 e. The number of carbonyl (C=O) groups excluding carboxylic acids is 1. The fourth-order valence-electron chi connectivity index (χ4n) is 1.42. The summed E-state index contributed by atoms with van der Waals surface area (Å²) in [6.45, 7) is 2.71. The van der Waals surface area contributed by atoms with E-state index in [4.69, 9.17) is 16.3 Å². The quantitative estimate of drug-likeness (QED) is 0.833. The average molecular weight is 312 g/mol. The highest BCUT2D eigenvalue weighted by Gasteiger charge is 2.04. The van der Waals surface area contributed by atoms with E-state index in [1.807, 2.05) is 6.92 Å². The van der Waals surface area contributed by atoms with Crippen LogP contribution in [0.1, 0.15) is 4.88 Å². The van der Waals surface area contributed by atoms with Gasteiger partial charge in [-0.25, -0.2) is 9.78 Å². The molecule has 20 heavy (non-hydrogen) atoms. The van der Waals surface area contributed by atoms with Crippen LogP contribution in [0.2, 0.25) is 5.02 Å². The molecule has 106 valence electrons. The lowest BCUT2D eigenvalue weighted by Crippen LogP contribution is -2.32. The molecule has 1 aromatic heterocycles. The van der Waals surface area contributed by atoms with Crippen molar-refractivity contribution < 1.29 is 9.53 Å². The second kappa shape index (κ2) is 7.12. The molecule has 0 bridgehead atoms. The average Bonchev–Trinajstić information content (AvgIpc) is 2.82. The number of anilines is 1. The molecule has 0 aliphatic heterocycles. The first-order chi connectivity index (χ1) is 9.63. The monoisotopic (exact) mass is 311 g/mol. The molecule has 0 fully saturated rings. The molecule has 7 heteroatoms. The first kappa shape index (κ1) is 14.6. The van der Waals surface area contributed by atoms with Gasteiger partial charge in [0.2, 0.25) is 0 Å². The Hall–Kier alpha value is -1.79. The zero-order chi connectivity index (χ0) is 14.4. The third-order valence-corrected chi connectivity index (χ3v) is 3.39. The number of carbonyl (C=O) groups is 1. The largest absolute Gasteiger partial charge is 0.492 e. The van der Waals surface area contributed by atoms with E-state index < -0.39 is 0 Å². The van der Waals surface area contributed by atoms with Gasteiger partial charge >= 0.3 is 6.03 Å². The topological polar surface area (TPSA) is 63.2 Å². The summed E-state index contributed by atoms with van der Waals surface area (Å²) in [6.07, 6.45) is 1.71. The lowest BCUT2D eigenvalue weighted by atomic mass is 10.3. The van der Waals surface area contributed by atoms with Crippen molar-refractivity contribution in [2.75, 3.05) is 18.5 Å². The van der Waals surface area contributed by atoms with Crippen molar-refractivity contribution in [3.8, 4) is 5.75 Å². The molecule has 2 aromatic rings. The zero-order valence-electron chi connectivity index (χ0n) is 10.9. The lowest BCUT2D eigenvalue weighted by Gasteiger charge is -2.07. The van der Waals surface area contributed by atoms with Crippen molar-refractivity contribution in [1.29, 1.82) is 0 Å². The van der Waals surface area contributed by atoms with E-state index in [2.05, 4.69) is 15.6 Å². The SMILES string of the molecule is Cc1cnc(NC(=O)NCCOc2ccc(Cl)cc2)s1. The van der Waals surface area contributed by atoms with Crippen molar-refractivity contribution in [2.45, 2.75) is 6.92 Å². The summed E-state index contributed by atoms with van der Waals surface area (Å²) in [6, 6.07) is 6.77. The van der Waals surface area contributed by atoms with Gasteiger partial charge in [0, 0.05) is 16.1 Å². The van der Waals surface area contributed by atoms with E-state index in [-0.39, 0.29) is 6.03 Å². The number of rotatable bonds is 5. The molecule has 0 aliphatic carbocycles. The molecule has 2 rings (SSSR count). The van der Waals surface area contributed by atoms with Gasteiger partial charge in [0.05, 0.1) is 6.54 Å². The number of aromatic nitrogens is 1. The standard InChI is InChI=1S/C13H14ClN3O2S/c1-9-8-16-13(20-9)17-12(18)15-6-7-19-11-4-2-10(14)3-5-11/h2-5,8H,6-7H2,1H3,(H2,15,16,17,18). The van der Waals surface area contributed by atoms with Gasteiger partial charge in [0.1, 0.15) is 12.4 Å². The van der Waals surface area contributed by atoms with E-state index in [1.165, 1.54) is 11.3 Å². The maximum absolute atomic E-state index is 11.5. The summed E-state index contributed by atoms with van der Waals surface area (Å²) < 4.78 is 5.45. The Morgan fingerprint density at radius 1 is 1.40 bits per heavy atom. The van der Waals surface area contributed by atoms with Crippen LogP contribution in [-0.2, 0) is 0 Å². The summed E-state index contributed by atoms with van der Waals surface area (Å²) in [4.78, 5) is 16.6. The minimum atomic E-state index is -0.293. The van der Waals surface area contributed by atoms with Crippen molar-refractivity contribution in [2.24, 2.45) is 0 Å². The van der Waals surface area contributed by atoms with Crippen molar-refractivity contribution in [3.05, 3.63) is 40.4 Å². The highest BCUT2D eigenvalue weighted by molar-refractivity contribution is 7.15. The van der Waals surface area contributed by atoms with E-state index >= 15 is 0 Å². The van der Waals surface area contributed by atoms with Crippen molar-refractivity contribution in [3.63, 3.8) is 0 Å². The first-order valence-corrected chi connectivity index (χ1v) is 7.18. The van der Waals surface area contributed by atoms with Gasteiger partial charge in [-0.3, -0.25) is 5.32 Å². The number of aryl methyl sites for hydroxylation is 1. The summed E-state index contributed by atoms with van der Waals surface area (Å²) in [7, 11) is 0. The fraction of sp³-hybridized carbons (Fsp3) is 0.231. The van der Waals surface area contributed by atoms with Gasteiger partial charge in [-0.15, -0.1) is 11.3 Å². The van der Waals surface area contributed by atoms with Gasteiger partial charge < -0.3 is 10.1 Å². The Kier molecular flexibility index (Phi) is 5.20. The molecular weight excluding hydrogens is 298 g/mol. The molecule has 5 nitrogen and oxygen atoms in total. The van der Waals surface area contributed by atoms with Crippen LogP contribution in [0, 0.1) is 6.92 Å². The molecule has 2 N–H and O–H groups in total. The molecule has 0 saturated carbocycles. The van der Waals surface area contributed by atoms with Crippen LogP contribution in [0.25, 0.3) is 0 Å². The first-order valence-electron chi connectivity index (χ1n) is 5.99. The predicted molar refractivity (Wildman–Crippen MR) is 80.8 cm³/mol. The second-order valence-electron chi connectivity index (χ2n) is 3.96. The van der Waals surface area contributed by atoms with Gasteiger partial charge in [-0.2, -0.15) is 0 Å². The number of nitrogens with zero attached hydrogens (tertiary/aromatic N) is 1. The maximum Gasteiger partial charge on any atom is 0.321 e. The Morgan fingerprint density at radius 2 is 2.15 bits per heavy atom. The molecule has 0 spiro atoms. The molecule has 1 heterocycles. The van der Waals surface area contributed by atoms with Crippen LogP contribution in [0.3, 0.4) is 0 Å². The van der Waals surface area contributed by atoms with Crippen LogP contribution < -0.4 is 15.4 Å². The number of ether oxygens (including phenoxy) is 1. The van der Waals surface area contributed by atoms with Crippen LogP contribution in [0.15, 0.2) is 30.5 Å². The molecule has 0 radical (unpaired) electrons. The zero-order valence-corrected chi connectivity index (χ0v) is 12.4. The Bertz CT molecular complexity index is 571. The van der Waals surface area contributed by atoms with Crippen LogP contribution in [-0.4, -0.2) is 24.2 Å². The summed E-state index contributed by atoms with van der Waals surface area (Å²) in [5.41, 5.74) is 0. The van der Waals surface area contributed by atoms with Crippen molar-refractivity contribution >= 4 is 34.1 Å². The highest BCUT2D eigenvalue weighted by atomic mass is 35.5. The summed E-state index contributed by atoms with van der Waals surface area (Å²) in [5.74, 6) is 0.715. The number of halogens is 1. The molecule has 2 amide bonds. The Morgan fingerprint density at radius 3 is 2.80 bits per heavy atom. The second-order valence-corrected chi connectivity index (χ2v) is 5.63. The third-order valence-electron chi connectivity index (χ3n) is 2.31. The Labute approximate surface area is 125 Å². The number of nitrogens with one attached hydrogen (secondary N) is 2. The third kappa shape index (κ3) is 4.71. The molecule has 0 atom stereocenters. The molecule has 0 aliphatic rings. The fourth-order valence-corrected chi connectivity index (χ4v) is 2.20. The van der Waals surface area contributed by atoms with Crippen molar-refractivity contribution in [1.82, 2.24) is 10.3 Å². The van der Waals surface area contributed by atoms with Crippen LogP contribution >= 0.6 is 22.9 Å². The van der Waals surface area contributed by atoms with Gasteiger partial charge in [0.15, 0.2) is 5.13 Å². The number of benzene rings is 1. The smallest absolute Gasteiger partial charge is 0.321 e. The molecular formula is C13H14ClN3O2S. The van der Waals surface area contributed by atoms with Gasteiger partial charge in [-0.05, 0) is 31.2 Å². The predicted octanol–water partition coefficient (Wildman–Crippen LogP) is 3.31. The summed E-state index contributed by atoms with van der Waals surface area (Å²) >= 11 is 7.19. The summed E-state index contributed by atoms with van der Waals surface area (Å²) in [5, 5.41) is 6.58. The van der Waals surface area contributed by atoms with E-state index in [0.717, 1.165) is 4.88 Å². The van der Waals surface area contributed by atoms with E-state index in [0.29, 0.717) is 29.1 Å². The molecule has 0 unspecified atom stereocenters. The number of amides is 2. The van der Waals surface area contributed by atoms with Gasteiger partial charge in [-0.1, -0.05) is 11.6 Å². The van der Waals surface area contributed by atoms with Gasteiger partial charge in [0.25, 0.3) is 0 Å².